The lowest BCUT2D eigenvalue weighted by atomic mass is 10.3. The molecule has 0 atom stereocenters. The standard InChI is InChI=1S/C11H9Cl2NO3S3/c1-5-3-7(18-6(5)2)11(15)14-20(16,17)8-4-9(12)19-10(8)13/h3-4H,1-2H3,(H,14,15). The van der Waals surface area contributed by atoms with Gasteiger partial charge in [0.05, 0.1) is 9.21 Å². The van der Waals surface area contributed by atoms with E-state index in [4.69, 9.17) is 23.2 Å². The van der Waals surface area contributed by atoms with E-state index < -0.39 is 15.9 Å². The van der Waals surface area contributed by atoms with Crippen molar-refractivity contribution in [2.75, 3.05) is 0 Å². The van der Waals surface area contributed by atoms with Gasteiger partial charge in [-0.2, -0.15) is 0 Å². The van der Waals surface area contributed by atoms with Gasteiger partial charge in [0.25, 0.3) is 15.9 Å². The van der Waals surface area contributed by atoms with Gasteiger partial charge in [0, 0.05) is 4.88 Å². The first-order valence-electron chi connectivity index (χ1n) is 5.29. The van der Waals surface area contributed by atoms with Crippen LogP contribution in [0.2, 0.25) is 8.67 Å². The van der Waals surface area contributed by atoms with Crippen molar-refractivity contribution in [3.63, 3.8) is 0 Å². The summed E-state index contributed by atoms with van der Waals surface area (Å²) in [7, 11) is -4.02. The first-order valence-corrected chi connectivity index (χ1v) is 9.17. The van der Waals surface area contributed by atoms with E-state index in [1.807, 2.05) is 18.6 Å². The molecule has 0 spiro atoms. The predicted molar refractivity (Wildman–Crippen MR) is 82.8 cm³/mol. The highest BCUT2D eigenvalue weighted by atomic mass is 35.5. The summed E-state index contributed by atoms with van der Waals surface area (Å²) in [5.41, 5.74) is 0.939. The number of carbonyl (C=O) groups excluding carboxylic acids is 1. The van der Waals surface area contributed by atoms with Crippen LogP contribution in [0.15, 0.2) is 17.0 Å². The zero-order chi connectivity index (χ0) is 15.1. The van der Waals surface area contributed by atoms with Gasteiger partial charge in [-0.05, 0) is 31.5 Å². The smallest absolute Gasteiger partial charge is 0.267 e. The van der Waals surface area contributed by atoms with Crippen LogP contribution < -0.4 is 4.72 Å². The van der Waals surface area contributed by atoms with Gasteiger partial charge >= 0.3 is 0 Å². The van der Waals surface area contributed by atoms with Gasteiger partial charge in [0.1, 0.15) is 9.23 Å². The number of halogens is 2. The summed E-state index contributed by atoms with van der Waals surface area (Å²) in [6.07, 6.45) is 0. The Morgan fingerprint density at radius 1 is 1.20 bits per heavy atom. The highest BCUT2D eigenvalue weighted by Crippen LogP contribution is 2.34. The molecule has 0 aliphatic heterocycles. The predicted octanol–water partition coefficient (Wildman–Crippen LogP) is 3.85. The molecule has 0 fully saturated rings. The molecule has 9 heteroatoms. The molecule has 108 valence electrons. The van der Waals surface area contributed by atoms with Crippen LogP contribution >= 0.6 is 45.9 Å². The minimum absolute atomic E-state index is 0.0221. The Hall–Kier alpha value is -0.600. The molecule has 2 aromatic heterocycles. The quantitative estimate of drug-likeness (QED) is 0.893. The Morgan fingerprint density at radius 2 is 1.85 bits per heavy atom. The van der Waals surface area contributed by atoms with Crippen LogP contribution in [0.3, 0.4) is 0 Å². The summed E-state index contributed by atoms with van der Waals surface area (Å²) in [6, 6.07) is 2.86. The van der Waals surface area contributed by atoms with Crippen LogP contribution in [-0.2, 0) is 10.0 Å². The molecule has 1 amide bonds. The molecule has 0 unspecified atom stereocenters. The van der Waals surface area contributed by atoms with Crippen LogP contribution in [0.4, 0.5) is 0 Å². The molecule has 2 rings (SSSR count). The Morgan fingerprint density at radius 3 is 2.30 bits per heavy atom. The molecule has 0 radical (unpaired) electrons. The van der Waals surface area contributed by atoms with Crippen LogP contribution in [0.1, 0.15) is 20.1 Å². The largest absolute Gasteiger partial charge is 0.275 e. The molecular formula is C11H9Cl2NO3S3. The summed E-state index contributed by atoms with van der Waals surface area (Å²) < 4.78 is 26.4. The minimum atomic E-state index is -4.02. The molecule has 1 N–H and O–H groups in total. The number of sulfonamides is 1. The summed E-state index contributed by atoms with van der Waals surface area (Å²) in [5, 5.41) is 0. The van der Waals surface area contributed by atoms with E-state index in [2.05, 4.69) is 0 Å². The van der Waals surface area contributed by atoms with Crippen molar-refractivity contribution in [2.45, 2.75) is 18.7 Å². The third-order valence-electron chi connectivity index (χ3n) is 2.53. The highest BCUT2D eigenvalue weighted by Gasteiger charge is 2.24. The third-order valence-corrected chi connectivity index (χ3v) is 6.77. The fourth-order valence-electron chi connectivity index (χ4n) is 1.42. The number of hydrogen-bond acceptors (Lipinski definition) is 5. The molecule has 2 aromatic rings. The molecule has 0 saturated heterocycles. The minimum Gasteiger partial charge on any atom is -0.267 e. The van der Waals surface area contributed by atoms with E-state index in [0.717, 1.165) is 21.8 Å². The zero-order valence-electron chi connectivity index (χ0n) is 10.4. The molecule has 0 aliphatic rings. The number of aryl methyl sites for hydroxylation is 2. The van der Waals surface area contributed by atoms with Crippen LogP contribution in [0, 0.1) is 13.8 Å². The third kappa shape index (κ3) is 3.17. The van der Waals surface area contributed by atoms with Gasteiger partial charge in [0.2, 0.25) is 0 Å². The molecule has 0 aliphatic carbocycles. The molecule has 2 heterocycles. The van der Waals surface area contributed by atoms with Crippen molar-refractivity contribution in [3.05, 3.63) is 36.1 Å². The molecule has 20 heavy (non-hydrogen) atoms. The fourth-order valence-corrected chi connectivity index (χ4v) is 5.53. The summed E-state index contributed by atoms with van der Waals surface area (Å²) >= 11 is 13.7. The topological polar surface area (TPSA) is 63.2 Å². The van der Waals surface area contributed by atoms with Crippen molar-refractivity contribution < 1.29 is 13.2 Å². The summed E-state index contributed by atoms with van der Waals surface area (Å²) in [4.78, 5) is 13.1. The van der Waals surface area contributed by atoms with Crippen molar-refractivity contribution in [1.29, 1.82) is 0 Å². The first-order chi connectivity index (χ1) is 9.20. The number of nitrogens with one attached hydrogen (secondary N) is 1. The normalized spacial score (nSPS) is 11.6. The lowest BCUT2D eigenvalue weighted by Gasteiger charge is -2.04. The number of hydrogen-bond donors (Lipinski definition) is 1. The first kappa shape index (κ1) is 15.8. The van der Waals surface area contributed by atoms with Gasteiger partial charge in [-0.25, -0.2) is 13.1 Å². The number of carbonyl (C=O) groups is 1. The van der Waals surface area contributed by atoms with Gasteiger partial charge in [-0.3, -0.25) is 4.79 Å². The lowest BCUT2D eigenvalue weighted by Crippen LogP contribution is -2.29. The second-order valence-electron chi connectivity index (χ2n) is 3.97. The van der Waals surface area contributed by atoms with Gasteiger partial charge in [0.15, 0.2) is 0 Å². The van der Waals surface area contributed by atoms with E-state index in [9.17, 15) is 13.2 Å². The second-order valence-corrected chi connectivity index (χ2v) is 9.17. The van der Waals surface area contributed by atoms with Crippen LogP contribution in [0.25, 0.3) is 0 Å². The van der Waals surface area contributed by atoms with E-state index in [-0.39, 0.29) is 13.6 Å². The van der Waals surface area contributed by atoms with Crippen molar-refractivity contribution in [2.24, 2.45) is 0 Å². The molecule has 4 nitrogen and oxygen atoms in total. The van der Waals surface area contributed by atoms with Crippen molar-refractivity contribution >= 4 is 61.8 Å². The van der Waals surface area contributed by atoms with E-state index in [0.29, 0.717) is 4.88 Å². The maximum absolute atomic E-state index is 12.1. The molecular weight excluding hydrogens is 361 g/mol. The SMILES string of the molecule is Cc1cc(C(=O)NS(=O)(=O)c2cc(Cl)sc2Cl)sc1C. The highest BCUT2D eigenvalue weighted by molar-refractivity contribution is 7.90. The van der Waals surface area contributed by atoms with E-state index >= 15 is 0 Å². The summed E-state index contributed by atoms with van der Waals surface area (Å²) in [6.45, 7) is 3.72. The maximum Gasteiger partial charge on any atom is 0.275 e. The van der Waals surface area contributed by atoms with Crippen molar-refractivity contribution in [3.8, 4) is 0 Å². The van der Waals surface area contributed by atoms with Crippen molar-refractivity contribution in [1.82, 2.24) is 4.72 Å². The number of rotatable bonds is 3. The Labute approximate surface area is 134 Å². The average Bonchev–Trinajstić information content (AvgIpc) is 2.82. The maximum atomic E-state index is 12.1. The van der Waals surface area contributed by atoms with E-state index in [1.165, 1.54) is 17.4 Å². The fraction of sp³-hybridized carbons (Fsp3) is 0.182. The average molecular weight is 370 g/mol. The Balaban J connectivity index is 2.29. The molecule has 0 bridgehead atoms. The number of amides is 1. The van der Waals surface area contributed by atoms with Gasteiger partial charge < -0.3 is 0 Å². The summed E-state index contributed by atoms with van der Waals surface area (Å²) in [5.74, 6) is -0.676. The molecule has 0 aromatic carbocycles. The van der Waals surface area contributed by atoms with E-state index in [1.54, 1.807) is 6.07 Å². The number of thiophene rings is 2. The monoisotopic (exact) mass is 369 g/mol. The van der Waals surface area contributed by atoms with Crippen LogP contribution in [-0.4, -0.2) is 14.3 Å². The van der Waals surface area contributed by atoms with Gasteiger partial charge in [-0.15, -0.1) is 22.7 Å². The zero-order valence-corrected chi connectivity index (χ0v) is 14.3. The Kier molecular flexibility index (Phi) is 4.46. The second kappa shape index (κ2) is 5.65. The Bertz CT molecular complexity index is 757. The molecule has 0 saturated carbocycles. The van der Waals surface area contributed by atoms with Crippen LogP contribution in [0.5, 0.6) is 0 Å². The lowest BCUT2D eigenvalue weighted by molar-refractivity contribution is 0.0985. The van der Waals surface area contributed by atoms with Gasteiger partial charge in [-0.1, -0.05) is 23.2 Å².